The average molecular weight is 230 g/mol. The quantitative estimate of drug-likeness (QED) is 0.377. The van der Waals surface area contributed by atoms with Crippen LogP contribution in [0.15, 0.2) is 12.7 Å². The van der Waals surface area contributed by atoms with Gasteiger partial charge < -0.3 is 9.47 Å². The second kappa shape index (κ2) is 7.65. The van der Waals surface area contributed by atoms with Crippen molar-refractivity contribution in [3.63, 3.8) is 0 Å². The van der Waals surface area contributed by atoms with E-state index in [-0.39, 0.29) is 17.8 Å². The summed E-state index contributed by atoms with van der Waals surface area (Å²) in [5, 5.41) is 0. The summed E-state index contributed by atoms with van der Waals surface area (Å²) in [5.74, 6) is -0.324. The second-order valence-electron chi connectivity index (χ2n) is 3.80. The number of hydrogen-bond acceptors (Lipinski definition) is 3. The minimum atomic E-state index is -0.477. The molecule has 0 aliphatic heterocycles. The van der Waals surface area contributed by atoms with Gasteiger partial charge in [0.15, 0.2) is 0 Å². The summed E-state index contributed by atoms with van der Waals surface area (Å²) in [7, 11) is 1.25. The largest absolute Gasteiger partial charge is 0.464 e. The van der Waals surface area contributed by atoms with Gasteiger partial charge in [0.05, 0.1) is 21.4 Å². The van der Waals surface area contributed by atoms with Crippen LogP contribution in [0.25, 0.3) is 0 Å². The van der Waals surface area contributed by atoms with Crippen LogP contribution >= 0.6 is 0 Å². The summed E-state index contributed by atoms with van der Waals surface area (Å²) in [5.41, 5.74) is 0.612. The van der Waals surface area contributed by atoms with Gasteiger partial charge in [-0.05, 0) is 19.4 Å². The highest BCUT2D eigenvalue weighted by molar-refractivity contribution is 6.39. The third kappa shape index (κ3) is 5.74. The molecule has 0 aliphatic carbocycles. The number of esters is 1. The molecule has 0 rings (SSSR count). The average Bonchev–Trinajstić information content (AvgIpc) is 2.24. The molecule has 0 aromatic heterocycles. The van der Waals surface area contributed by atoms with Gasteiger partial charge in [0.25, 0.3) is 0 Å². The fraction of sp³-hybridized carbons (Fsp3) is 0.727. The molecule has 0 heterocycles. The zero-order chi connectivity index (χ0) is 11.8. The Morgan fingerprint density at radius 2 is 2.13 bits per heavy atom. The standard InChI is InChI=1S/C11H22O3Si/c1-6-10(8(3)13-5)15-9(4)14-11(12)7-2/h7-10H,2,6,15H2,1,3-5H3. The summed E-state index contributed by atoms with van der Waals surface area (Å²) in [6.45, 7) is 9.56. The molecule has 0 fully saturated rings. The zero-order valence-corrected chi connectivity index (χ0v) is 11.6. The van der Waals surface area contributed by atoms with Crippen LogP contribution < -0.4 is 0 Å². The maximum Gasteiger partial charge on any atom is 0.330 e. The first-order valence-corrected chi connectivity index (χ1v) is 7.04. The molecule has 3 unspecified atom stereocenters. The predicted molar refractivity (Wildman–Crippen MR) is 64.8 cm³/mol. The van der Waals surface area contributed by atoms with Gasteiger partial charge >= 0.3 is 5.97 Å². The Balaban J connectivity index is 4.05. The van der Waals surface area contributed by atoms with Crippen molar-refractivity contribution in [2.45, 2.75) is 44.6 Å². The Bertz CT molecular complexity index is 206. The van der Waals surface area contributed by atoms with E-state index in [1.165, 1.54) is 6.08 Å². The Kier molecular flexibility index (Phi) is 7.34. The highest BCUT2D eigenvalue weighted by atomic mass is 28.2. The van der Waals surface area contributed by atoms with E-state index in [2.05, 4.69) is 20.4 Å². The highest BCUT2D eigenvalue weighted by Crippen LogP contribution is 2.18. The monoisotopic (exact) mass is 230 g/mol. The number of hydrogen-bond donors (Lipinski definition) is 0. The van der Waals surface area contributed by atoms with E-state index in [0.717, 1.165) is 6.42 Å². The van der Waals surface area contributed by atoms with Crippen LogP contribution in [-0.4, -0.2) is 34.4 Å². The lowest BCUT2D eigenvalue weighted by Gasteiger charge is -2.23. The molecule has 0 amide bonds. The molecule has 0 N–H and O–H groups in total. The molecule has 4 heteroatoms. The van der Waals surface area contributed by atoms with Gasteiger partial charge in [-0.15, -0.1) is 0 Å². The molecule has 3 nitrogen and oxygen atoms in total. The predicted octanol–water partition coefficient (Wildman–Crippen LogP) is 1.46. The SMILES string of the molecule is C=CC(=O)OC(C)[SiH2]C(CC)C(C)OC. The smallest absolute Gasteiger partial charge is 0.330 e. The number of rotatable bonds is 7. The van der Waals surface area contributed by atoms with Gasteiger partial charge in [0, 0.05) is 13.2 Å². The van der Waals surface area contributed by atoms with Crippen LogP contribution in [0.5, 0.6) is 0 Å². The van der Waals surface area contributed by atoms with Crippen molar-refractivity contribution >= 4 is 15.5 Å². The van der Waals surface area contributed by atoms with Gasteiger partial charge in [0.2, 0.25) is 0 Å². The Labute approximate surface area is 94.7 Å². The first-order chi connectivity index (χ1) is 7.04. The normalized spacial score (nSPS) is 17.3. The molecule has 0 bridgehead atoms. The van der Waals surface area contributed by atoms with E-state index in [0.29, 0.717) is 5.54 Å². The molecule has 0 aliphatic rings. The molecule has 0 aromatic carbocycles. The van der Waals surface area contributed by atoms with Crippen LogP contribution in [0.3, 0.4) is 0 Å². The minimum absolute atomic E-state index is 0.0537. The molecule has 88 valence electrons. The molecule has 0 saturated carbocycles. The van der Waals surface area contributed by atoms with E-state index in [1.807, 2.05) is 6.92 Å². The highest BCUT2D eigenvalue weighted by Gasteiger charge is 2.20. The van der Waals surface area contributed by atoms with Crippen molar-refractivity contribution in [2.24, 2.45) is 0 Å². The van der Waals surface area contributed by atoms with Crippen molar-refractivity contribution in [1.82, 2.24) is 0 Å². The lowest BCUT2D eigenvalue weighted by atomic mass is 10.2. The van der Waals surface area contributed by atoms with Crippen molar-refractivity contribution < 1.29 is 14.3 Å². The summed E-state index contributed by atoms with van der Waals surface area (Å²) in [6, 6.07) is 0. The van der Waals surface area contributed by atoms with Gasteiger partial charge in [-0.1, -0.05) is 19.9 Å². The summed E-state index contributed by atoms with van der Waals surface area (Å²) < 4.78 is 10.5. The number of ether oxygens (including phenoxy) is 2. The van der Waals surface area contributed by atoms with Gasteiger partial charge in [0.1, 0.15) is 0 Å². The van der Waals surface area contributed by atoms with Crippen molar-refractivity contribution in [1.29, 1.82) is 0 Å². The first-order valence-electron chi connectivity index (χ1n) is 5.40. The molecule has 15 heavy (non-hydrogen) atoms. The molecule has 0 spiro atoms. The number of carbonyl (C=O) groups excluding carboxylic acids is 1. The van der Waals surface area contributed by atoms with Crippen molar-refractivity contribution in [3.8, 4) is 0 Å². The van der Waals surface area contributed by atoms with E-state index < -0.39 is 9.52 Å². The van der Waals surface area contributed by atoms with Gasteiger partial charge in [-0.25, -0.2) is 4.79 Å². The number of carbonyl (C=O) groups is 1. The number of methoxy groups -OCH3 is 1. The summed E-state index contributed by atoms with van der Waals surface area (Å²) in [4.78, 5) is 11.0. The lowest BCUT2D eigenvalue weighted by Crippen LogP contribution is -2.29. The van der Waals surface area contributed by atoms with Crippen LogP contribution in [0.1, 0.15) is 27.2 Å². The first kappa shape index (κ1) is 14.4. The Morgan fingerprint density at radius 3 is 2.53 bits per heavy atom. The van der Waals surface area contributed by atoms with Crippen LogP contribution in [0, 0.1) is 0 Å². The molecule has 0 aromatic rings. The third-order valence-corrected chi connectivity index (χ3v) is 5.36. The van der Waals surface area contributed by atoms with Crippen LogP contribution in [-0.2, 0) is 14.3 Å². The van der Waals surface area contributed by atoms with Gasteiger partial charge in [-0.3, -0.25) is 0 Å². The van der Waals surface area contributed by atoms with Crippen LogP contribution in [0.4, 0.5) is 0 Å². The van der Waals surface area contributed by atoms with E-state index in [1.54, 1.807) is 7.11 Å². The molecular formula is C11H22O3Si. The van der Waals surface area contributed by atoms with E-state index in [9.17, 15) is 4.79 Å². The Morgan fingerprint density at radius 1 is 1.53 bits per heavy atom. The maximum atomic E-state index is 11.0. The molecular weight excluding hydrogens is 208 g/mol. The fourth-order valence-electron chi connectivity index (χ4n) is 1.60. The van der Waals surface area contributed by atoms with Crippen molar-refractivity contribution in [3.05, 3.63) is 12.7 Å². The lowest BCUT2D eigenvalue weighted by molar-refractivity contribution is -0.139. The molecule has 3 atom stereocenters. The maximum absolute atomic E-state index is 11.0. The Hall–Kier alpha value is -0.613. The third-order valence-electron chi connectivity index (χ3n) is 2.68. The fourth-order valence-corrected chi connectivity index (χ4v) is 3.63. The summed E-state index contributed by atoms with van der Waals surface area (Å²) in [6.07, 6.45) is 2.55. The summed E-state index contributed by atoms with van der Waals surface area (Å²) >= 11 is 0. The second-order valence-corrected chi connectivity index (χ2v) is 6.47. The van der Waals surface area contributed by atoms with E-state index in [4.69, 9.17) is 9.47 Å². The molecule has 0 radical (unpaired) electrons. The topological polar surface area (TPSA) is 35.5 Å². The zero-order valence-electron chi connectivity index (χ0n) is 10.2. The van der Waals surface area contributed by atoms with Gasteiger partial charge in [-0.2, -0.15) is 0 Å². The molecule has 0 saturated heterocycles. The van der Waals surface area contributed by atoms with Crippen molar-refractivity contribution in [2.75, 3.05) is 7.11 Å². The van der Waals surface area contributed by atoms with Crippen LogP contribution in [0.2, 0.25) is 5.54 Å². The van der Waals surface area contributed by atoms with E-state index >= 15 is 0 Å². The minimum Gasteiger partial charge on any atom is -0.464 e.